The second-order valence-electron chi connectivity index (χ2n) is 6.97. The maximum Gasteiger partial charge on any atom is 0.339 e. The molecule has 0 aromatic carbocycles. The van der Waals surface area contributed by atoms with Gasteiger partial charge in [0.25, 0.3) is 0 Å². The van der Waals surface area contributed by atoms with Gasteiger partial charge in [-0.2, -0.15) is 0 Å². The van der Waals surface area contributed by atoms with E-state index in [4.69, 9.17) is 4.74 Å². The summed E-state index contributed by atoms with van der Waals surface area (Å²) in [5, 5.41) is 5.72. The number of thiophene rings is 1. The van der Waals surface area contributed by atoms with Crippen molar-refractivity contribution in [1.29, 1.82) is 0 Å². The molecule has 1 aliphatic heterocycles. The van der Waals surface area contributed by atoms with Gasteiger partial charge in [0.15, 0.2) is 0 Å². The Labute approximate surface area is 167 Å². The van der Waals surface area contributed by atoms with E-state index < -0.39 is 0 Å². The molecule has 0 aliphatic carbocycles. The van der Waals surface area contributed by atoms with E-state index in [1.165, 1.54) is 30.5 Å². The molecule has 7 nitrogen and oxygen atoms in total. The highest BCUT2D eigenvalue weighted by molar-refractivity contribution is 7.17. The quantitative estimate of drug-likeness (QED) is 0.645. The molecule has 4 heterocycles. The molecular weight excluding hydrogens is 374 g/mol. The SMILES string of the molecule is CCOC(=O)c1csc2ncnc(Nc3ccc(N4CCC(C)CC4)nc3)c12. The van der Waals surface area contributed by atoms with Crippen LogP contribution in [0.4, 0.5) is 17.3 Å². The molecule has 0 atom stereocenters. The number of fused-ring (bicyclic) bond motifs is 1. The third kappa shape index (κ3) is 3.77. The summed E-state index contributed by atoms with van der Waals surface area (Å²) in [6.45, 7) is 6.51. The molecule has 1 saturated heterocycles. The molecule has 1 fully saturated rings. The van der Waals surface area contributed by atoms with Gasteiger partial charge < -0.3 is 15.0 Å². The number of piperidine rings is 1. The summed E-state index contributed by atoms with van der Waals surface area (Å²) >= 11 is 1.40. The number of ether oxygens (including phenoxy) is 1. The first-order valence-electron chi connectivity index (χ1n) is 9.53. The van der Waals surface area contributed by atoms with Crippen molar-refractivity contribution < 1.29 is 9.53 Å². The van der Waals surface area contributed by atoms with Gasteiger partial charge in [0.1, 0.15) is 22.8 Å². The number of carbonyl (C=O) groups is 1. The molecule has 1 aliphatic rings. The fraction of sp³-hybridized carbons (Fsp3) is 0.400. The van der Waals surface area contributed by atoms with Crippen LogP contribution in [0.2, 0.25) is 0 Å². The third-order valence-electron chi connectivity index (χ3n) is 4.98. The molecule has 0 radical (unpaired) electrons. The number of esters is 1. The van der Waals surface area contributed by atoms with Crippen LogP contribution >= 0.6 is 11.3 Å². The number of hydrogen-bond acceptors (Lipinski definition) is 8. The molecule has 0 amide bonds. The van der Waals surface area contributed by atoms with E-state index in [9.17, 15) is 4.79 Å². The van der Waals surface area contributed by atoms with Gasteiger partial charge in [0, 0.05) is 18.5 Å². The van der Waals surface area contributed by atoms with Crippen LogP contribution in [-0.2, 0) is 4.74 Å². The smallest absolute Gasteiger partial charge is 0.339 e. The first-order chi connectivity index (χ1) is 13.7. The first kappa shape index (κ1) is 18.6. The van der Waals surface area contributed by atoms with Crippen molar-refractivity contribution >= 4 is 44.8 Å². The minimum Gasteiger partial charge on any atom is -0.462 e. The van der Waals surface area contributed by atoms with E-state index >= 15 is 0 Å². The van der Waals surface area contributed by atoms with Gasteiger partial charge in [-0.05, 0) is 37.8 Å². The Morgan fingerprint density at radius 1 is 1.29 bits per heavy atom. The third-order valence-corrected chi connectivity index (χ3v) is 5.87. The van der Waals surface area contributed by atoms with Crippen LogP contribution in [0, 0.1) is 5.92 Å². The summed E-state index contributed by atoms with van der Waals surface area (Å²) < 4.78 is 5.16. The lowest BCUT2D eigenvalue weighted by Crippen LogP contribution is -2.33. The summed E-state index contributed by atoms with van der Waals surface area (Å²) in [5.74, 6) is 2.00. The van der Waals surface area contributed by atoms with Gasteiger partial charge in [-0.15, -0.1) is 11.3 Å². The molecule has 3 aromatic heterocycles. The van der Waals surface area contributed by atoms with Gasteiger partial charge in [-0.3, -0.25) is 0 Å². The van der Waals surface area contributed by atoms with Crippen molar-refractivity contribution in [2.75, 3.05) is 29.9 Å². The van der Waals surface area contributed by atoms with Crippen molar-refractivity contribution in [2.45, 2.75) is 26.7 Å². The highest BCUT2D eigenvalue weighted by Gasteiger charge is 2.19. The van der Waals surface area contributed by atoms with E-state index in [1.807, 2.05) is 12.1 Å². The zero-order valence-electron chi connectivity index (χ0n) is 16.0. The van der Waals surface area contributed by atoms with Crippen LogP contribution in [0.25, 0.3) is 10.2 Å². The van der Waals surface area contributed by atoms with E-state index in [2.05, 4.69) is 32.1 Å². The molecule has 0 saturated carbocycles. The summed E-state index contributed by atoms with van der Waals surface area (Å²) in [6, 6.07) is 4.02. The number of pyridine rings is 1. The number of aromatic nitrogens is 3. The van der Waals surface area contributed by atoms with Gasteiger partial charge in [0.2, 0.25) is 0 Å². The summed E-state index contributed by atoms with van der Waals surface area (Å²) in [6.07, 6.45) is 5.70. The number of hydrogen-bond donors (Lipinski definition) is 1. The Morgan fingerprint density at radius 2 is 2.11 bits per heavy atom. The molecule has 3 aromatic rings. The van der Waals surface area contributed by atoms with Gasteiger partial charge in [-0.25, -0.2) is 19.7 Å². The lowest BCUT2D eigenvalue weighted by Gasteiger charge is -2.31. The van der Waals surface area contributed by atoms with E-state index in [1.54, 1.807) is 18.5 Å². The molecule has 0 bridgehead atoms. The monoisotopic (exact) mass is 397 g/mol. The largest absolute Gasteiger partial charge is 0.462 e. The molecule has 146 valence electrons. The minimum absolute atomic E-state index is 0.327. The maximum absolute atomic E-state index is 12.3. The Bertz CT molecular complexity index is 964. The lowest BCUT2D eigenvalue weighted by molar-refractivity contribution is 0.0529. The Kier molecular flexibility index (Phi) is 5.38. The molecule has 0 unspecified atom stereocenters. The van der Waals surface area contributed by atoms with Crippen LogP contribution in [0.5, 0.6) is 0 Å². The van der Waals surface area contributed by atoms with E-state index in [0.717, 1.165) is 35.3 Å². The van der Waals surface area contributed by atoms with E-state index in [0.29, 0.717) is 23.4 Å². The highest BCUT2D eigenvalue weighted by atomic mass is 32.1. The fourth-order valence-electron chi connectivity index (χ4n) is 3.35. The number of nitrogens with one attached hydrogen (secondary N) is 1. The maximum atomic E-state index is 12.3. The predicted molar refractivity (Wildman–Crippen MR) is 112 cm³/mol. The van der Waals surface area contributed by atoms with Crippen LogP contribution < -0.4 is 10.2 Å². The zero-order chi connectivity index (χ0) is 19.5. The number of nitrogens with zero attached hydrogens (tertiary/aromatic N) is 4. The second kappa shape index (κ2) is 8.10. The molecular formula is C20H23N5O2S. The van der Waals surface area contributed by atoms with Gasteiger partial charge in [-0.1, -0.05) is 6.92 Å². The lowest BCUT2D eigenvalue weighted by atomic mass is 9.99. The van der Waals surface area contributed by atoms with Crippen molar-refractivity contribution in [2.24, 2.45) is 5.92 Å². The molecule has 0 spiro atoms. The van der Waals surface area contributed by atoms with Gasteiger partial charge in [0.05, 0.1) is 29.4 Å². The molecule has 1 N–H and O–H groups in total. The van der Waals surface area contributed by atoms with Gasteiger partial charge >= 0.3 is 5.97 Å². The fourth-order valence-corrected chi connectivity index (χ4v) is 4.23. The standard InChI is InChI=1S/C20H23N5O2S/c1-3-27-20(26)15-11-28-19-17(15)18(22-12-23-19)24-14-4-5-16(21-10-14)25-8-6-13(2)7-9-25/h4-5,10-13H,3,6-9H2,1-2H3,(H,22,23,24). The van der Waals surface area contributed by atoms with Crippen molar-refractivity contribution in [3.63, 3.8) is 0 Å². The van der Waals surface area contributed by atoms with Crippen molar-refractivity contribution in [1.82, 2.24) is 15.0 Å². The average molecular weight is 398 g/mol. The molecule has 4 rings (SSSR count). The molecule has 8 heteroatoms. The van der Waals surface area contributed by atoms with E-state index in [-0.39, 0.29) is 5.97 Å². The van der Waals surface area contributed by atoms with Crippen molar-refractivity contribution in [3.05, 3.63) is 35.6 Å². The van der Waals surface area contributed by atoms with Crippen molar-refractivity contribution in [3.8, 4) is 0 Å². The highest BCUT2D eigenvalue weighted by Crippen LogP contribution is 2.31. The Hall–Kier alpha value is -2.74. The summed E-state index contributed by atoms with van der Waals surface area (Å²) in [5.41, 5.74) is 1.30. The van der Waals surface area contributed by atoms with Crippen LogP contribution in [0.15, 0.2) is 30.0 Å². The second-order valence-corrected chi connectivity index (χ2v) is 7.83. The number of carbonyl (C=O) groups excluding carboxylic acids is 1. The van der Waals surface area contributed by atoms with Crippen LogP contribution in [0.3, 0.4) is 0 Å². The van der Waals surface area contributed by atoms with Crippen LogP contribution in [-0.4, -0.2) is 40.6 Å². The normalized spacial score (nSPS) is 15.0. The predicted octanol–water partition coefficient (Wildman–Crippen LogP) is 4.24. The van der Waals surface area contributed by atoms with Crippen LogP contribution in [0.1, 0.15) is 37.0 Å². The number of rotatable bonds is 5. The summed E-state index contributed by atoms with van der Waals surface area (Å²) in [7, 11) is 0. The molecule has 28 heavy (non-hydrogen) atoms. The Morgan fingerprint density at radius 3 is 2.82 bits per heavy atom. The first-order valence-corrected chi connectivity index (χ1v) is 10.4. The average Bonchev–Trinajstić information content (AvgIpc) is 3.15. The Balaban J connectivity index is 1.56. The topological polar surface area (TPSA) is 80.2 Å². The summed E-state index contributed by atoms with van der Waals surface area (Å²) in [4.78, 5) is 28.5. The minimum atomic E-state index is -0.362. The number of anilines is 3. The zero-order valence-corrected chi connectivity index (χ0v) is 16.8.